The summed E-state index contributed by atoms with van der Waals surface area (Å²) >= 11 is 12.3. The summed E-state index contributed by atoms with van der Waals surface area (Å²) in [6, 6.07) is 2.98. The lowest BCUT2D eigenvalue weighted by Gasteiger charge is -2.24. The molecule has 2 aliphatic rings. The van der Waals surface area contributed by atoms with E-state index in [1.807, 2.05) is 0 Å². The molecule has 3 aromatic heterocycles. The fourth-order valence-corrected chi connectivity index (χ4v) is 5.94. The highest BCUT2D eigenvalue weighted by molar-refractivity contribution is 6.37. The monoisotopic (exact) mass is 538 g/mol. The third-order valence-electron chi connectivity index (χ3n) is 7.48. The highest BCUT2D eigenvalue weighted by Crippen LogP contribution is 2.47. The topological polar surface area (TPSA) is 144 Å². The molecule has 4 N–H and O–H groups in total. The number of aromatic hydroxyl groups is 1. The smallest absolute Gasteiger partial charge is 0.240 e. The third-order valence-corrected chi connectivity index (χ3v) is 8.06. The van der Waals surface area contributed by atoms with Gasteiger partial charge >= 0.3 is 0 Å². The molecule has 0 spiro atoms. The van der Waals surface area contributed by atoms with Crippen molar-refractivity contribution in [2.24, 2.45) is 5.92 Å². The van der Waals surface area contributed by atoms with Crippen molar-refractivity contribution < 1.29 is 9.90 Å². The van der Waals surface area contributed by atoms with Crippen molar-refractivity contribution in [3.63, 3.8) is 0 Å². The molecular weight excluding hydrogens is 515 g/mol. The number of aromatic nitrogens is 6. The second-order valence-electron chi connectivity index (χ2n) is 9.83. The fourth-order valence-electron chi connectivity index (χ4n) is 5.45. The maximum Gasteiger partial charge on any atom is 0.240 e. The van der Waals surface area contributed by atoms with Crippen LogP contribution in [0.3, 0.4) is 0 Å². The molecule has 6 rings (SSSR count). The Balaban J connectivity index is 1.44. The Morgan fingerprint density at radius 1 is 1.16 bits per heavy atom. The molecule has 1 aliphatic carbocycles. The van der Waals surface area contributed by atoms with E-state index in [2.05, 4.69) is 25.4 Å². The van der Waals surface area contributed by atoms with Gasteiger partial charge in [-0.3, -0.25) is 4.79 Å². The van der Waals surface area contributed by atoms with Gasteiger partial charge < -0.3 is 16.2 Å². The summed E-state index contributed by atoms with van der Waals surface area (Å²) in [5, 5.41) is 17.2. The Morgan fingerprint density at radius 2 is 1.89 bits per heavy atom. The van der Waals surface area contributed by atoms with Gasteiger partial charge in [-0.1, -0.05) is 55.3 Å². The number of nitrogens with one attached hydrogen (secondary N) is 1. The maximum atomic E-state index is 13.3. The van der Waals surface area contributed by atoms with E-state index in [1.54, 1.807) is 17.6 Å². The third kappa shape index (κ3) is 3.86. The fraction of sp³-hybridized carbons (Fsp3) is 0.360. The first-order chi connectivity index (χ1) is 17.8. The van der Waals surface area contributed by atoms with Gasteiger partial charge in [0.2, 0.25) is 5.91 Å². The first-order valence-corrected chi connectivity index (χ1v) is 12.9. The van der Waals surface area contributed by atoms with Crippen LogP contribution in [-0.4, -0.2) is 40.6 Å². The van der Waals surface area contributed by atoms with Crippen molar-refractivity contribution >= 4 is 46.4 Å². The van der Waals surface area contributed by atoms with E-state index in [0.717, 1.165) is 12.1 Å². The molecule has 12 heteroatoms. The molecule has 4 aromatic rings. The molecule has 0 bridgehead atoms. The highest BCUT2D eigenvalue weighted by Gasteiger charge is 2.48. The molecule has 190 valence electrons. The molecule has 1 atom stereocenters. The number of anilines is 2. The number of carbonyl (C=O) groups is 1. The number of fused-ring (bicyclic) bond motifs is 2. The van der Waals surface area contributed by atoms with Crippen LogP contribution in [-0.2, 0) is 16.6 Å². The Morgan fingerprint density at radius 3 is 2.62 bits per heavy atom. The van der Waals surface area contributed by atoms with Gasteiger partial charge in [-0.05, 0) is 37.0 Å². The van der Waals surface area contributed by atoms with E-state index >= 15 is 0 Å². The lowest BCUT2D eigenvalue weighted by molar-refractivity contribution is -0.119. The molecule has 10 nitrogen and oxygen atoms in total. The Kier molecular flexibility index (Phi) is 5.68. The summed E-state index contributed by atoms with van der Waals surface area (Å²) in [6.45, 7) is 1.69. The molecule has 1 aromatic carbocycles. The van der Waals surface area contributed by atoms with Gasteiger partial charge in [0.15, 0.2) is 17.2 Å². The Hall–Kier alpha value is -3.50. The molecule has 1 saturated carbocycles. The van der Waals surface area contributed by atoms with E-state index in [4.69, 9.17) is 33.9 Å². The van der Waals surface area contributed by atoms with Gasteiger partial charge in [0.25, 0.3) is 0 Å². The zero-order chi connectivity index (χ0) is 25.9. The van der Waals surface area contributed by atoms with E-state index < -0.39 is 5.41 Å². The standard InChI is InChI=1S/C25H24Cl2N8O2/c1-25(13-8-14(26)19(36)15(27)9-13)18-20(28)32-21(33-22(18)34-24(25)37)17-10-35-23(29-11-30-35)16(31-17)7-12-5-3-2-4-6-12/h8-12,36H,2-7H2,1H3,(H3,28,32,33,34,37). The average Bonchev–Trinajstić information content (AvgIpc) is 3.46. The lowest BCUT2D eigenvalue weighted by Crippen LogP contribution is -2.33. The number of hydrogen-bond acceptors (Lipinski definition) is 8. The van der Waals surface area contributed by atoms with Crippen molar-refractivity contribution in [3.8, 4) is 17.3 Å². The van der Waals surface area contributed by atoms with Gasteiger partial charge in [0.1, 0.15) is 29.1 Å². The molecule has 37 heavy (non-hydrogen) atoms. The summed E-state index contributed by atoms with van der Waals surface area (Å²) in [5.74, 6) is 0.598. The van der Waals surface area contributed by atoms with Crippen molar-refractivity contribution in [2.45, 2.75) is 50.9 Å². The van der Waals surface area contributed by atoms with E-state index in [9.17, 15) is 9.90 Å². The number of rotatable bonds is 4. The zero-order valence-electron chi connectivity index (χ0n) is 20.0. The number of amides is 1. The first kappa shape index (κ1) is 23.9. The van der Waals surface area contributed by atoms with Crippen LogP contribution in [0, 0.1) is 5.92 Å². The molecule has 1 fully saturated rings. The summed E-state index contributed by atoms with van der Waals surface area (Å²) < 4.78 is 1.68. The number of carbonyl (C=O) groups excluding carboxylic acids is 1. The molecular formula is C25H24Cl2N8O2. The number of hydrogen-bond donors (Lipinski definition) is 3. The normalized spacial score (nSPS) is 19.8. The predicted molar refractivity (Wildman–Crippen MR) is 140 cm³/mol. The quantitative estimate of drug-likeness (QED) is 0.343. The lowest BCUT2D eigenvalue weighted by atomic mass is 9.77. The zero-order valence-corrected chi connectivity index (χ0v) is 21.5. The maximum absolute atomic E-state index is 13.3. The number of phenols is 1. The number of halogens is 2. The van der Waals surface area contributed by atoms with Crippen LogP contribution >= 0.6 is 23.2 Å². The predicted octanol–water partition coefficient (Wildman–Crippen LogP) is 4.56. The molecule has 0 saturated heterocycles. The second kappa shape index (κ2) is 8.81. The Labute approximate surface area is 222 Å². The molecule has 1 amide bonds. The summed E-state index contributed by atoms with van der Waals surface area (Å²) in [7, 11) is 0. The van der Waals surface area contributed by atoms with Crippen molar-refractivity contribution in [1.29, 1.82) is 0 Å². The van der Waals surface area contributed by atoms with E-state index in [0.29, 0.717) is 28.4 Å². The van der Waals surface area contributed by atoms with Crippen LogP contribution in [0.2, 0.25) is 10.0 Å². The van der Waals surface area contributed by atoms with Crippen LogP contribution in [0.25, 0.3) is 17.2 Å². The first-order valence-electron chi connectivity index (χ1n) is 12.1. The molecule has 4 heterocycles. The van der Waals surface area contributed by atoms with Crippen LogP contribution in [0.5, 0.6) is 5.75 Å². The van der Waals surface area contributed by atoms with Crippen LogP contribution in [0.4, 0.5) is 11.6 Å². The minimum atomic E-state index is -1.27. The summed E-state index contributed by atoms with van der Waals surface area (Å²) in [4.78, 5) is 31.7. The SMILES string of the molecule is CC1(c2cc(Cl)c(O)c(Cl)c2)C(=O)Nc2nc(-c3cn4ncnc4c(CC4CCCCC4)n3)nc(N)c21. The summed E-state index contributed by atoms with van der Waals surface area (Å²) in [5.41, 5.74) is 8.08. The molecule has 0 radical (unpaired) electrons. The summed E-state index contributed by atoms with van der Waals surface area (Å²) in [6.07, 6.45) is 10.1. The van der Waals surface area contributed by atoms with Crippen molar-refractivity contribution in [1.82, 2.24) is 29.5 Å². The number of benzene rings is 1. The number of phenolic OH excluding ortho intramolecular Hbond substituents is 1. The average molecular weight is 539 g/mol. The van der Waals surface area contributed by atoms with Crippen LogP contribution < -0.4 is 11.1 Å². The van der Waals surface area contributed by atoms with Gasteiger partial charge in [0.05, 0.1) is 27.5 Å². The van der Waals surface area contributed by atoms with Crippen molar-refractivity contribution in [3.05, 3.63) is 51.5 Å². The van der Waals surface area contributed by atoms with Crippen molar-refractivity contribution in [2.75, 3.05) is 11.1 Å². The second-order valence-corrected chi connectivity index (χ2v) is 10.6. The molecule has 1 unspecified atom stereocenters. The van der Waals surface area contributed by atoms with Gasteiger partial charge in [-0.25, -0.2) is 24.5 Å². The minimum absolute atomic E-state index is 0.0249. The van der Waals surface area contributed by atoms with E-state index in [-0.39, 0.29) is 39.2 Å². The van der Waals surface area contributed by atoms with Gasteiger partial charge in [0, 0.05) is 0 Å². The minimum Gasteiger partial charge on any atom is -0.505 e. The van der Waals surface area contributed by atoms with Gasteiger partial charge in [-0.2, -0.15) is 5.10 Å². The van der Waals surface area contributed by atoms with Crippen LogP contribution in [0.15, 0.2) is 24.7 Å². The number of nitrogens with zero attached hydrogens (tertiary/aromatic N) is 6. The van der Waals surface area contributed by atoms with Crippen LogP contribution in [0.1, 0.15) is 55.8 Å². The highest BCUT2D eigenvalue weighted by atomic mass is 35.5. The Bertz CT molecular complexity index is 1540. The van der Waals surface area contributed by atoms with Gasteiger partial charge in [-0.15, -0.1) is 0 Å². The van der Waals surface area contributed by atoms with E-state index in [1.165, 1.54) is 50.6 Å². The number of nitrogen functional groups attached to an aromatic ring is 1. The largest absolute Gasteiger partial charge is 0.505 e. The molecule has 1 aliphatic heterocycles. The number of nitrogens with two attached hydrogens (primary N) is 1.